The molecule has 0 spiro atoms. The molecule has 128 valence electrons. The van der Waals surface area contributed by atoms with E-state index in [1.54, 1.807) is 11.3 Å². The van der Waals surface area contributed by atoms with Crippen molar-refractivity contribution in [1.29, 1.82) is 0 Å². The average Bonchev–Trinajstić information content (AvgIpc) is 3.28. The quantitative estimate of drug-likeness (QED) is 0.850. The summed E-state index contributed by atoms with van der Waals surface area (Å²) in [4.78, 5) is 21.5. The van der Waals surface area contributed by atoms with E-state index in [2.05, 4.69) is 24.0 Å². The van der Waals surface area contributed by atoms with Crippen LogP contribution in [0.5, 0.6) is 0 Å². The summed E-state index contributed by atoms with van der Waals surface area (Å²) < 4.78 is 5.66. The maximum absolute atomic E-state index is 12.8. The molecule has 6 heteroatoms. The van der Waals surface area contributed by atoms with Crippen LogP contribution in [0.25, 0.3) is 0 Å². The van der Waals surface area contributed by atoms with Gasteiger partial charge in [-0.2, -0.15) is 4.98 Å². The number of likely N-dealkylation sites (tertiary alicyclic amines) is 1. The lowest BCUT2D eigenvalue weighted by Gasteiger charge is -2.24. The van der Waals surface area contributed by atoms with Gasteiger partial charge in [0, 0.05) is 23.9 Å². The van der Waals surface area contributed by atoms with Crippen molar-refractivity contribution in [1.82, 2.24) is 15.0 Å². The van der Waals surface area contributed by atoms with Crippen LogP contribution in [0.1, 0.15) is 65.3 Å². The molecule has 2 aromatic rings. The van der Waals surface area contributed by atoms with Gasteiger partial charge in [0.2, 0.25) is 5.89 Å². The Morgan fingerprint density at radius 2 is 2.29 bits per heavy atom. The minimum Gasteiger partial charge on any atom is -0.339 e. The lowest BCUT2D eigenvalue weighted by Crippen LogP contribution is -2.34. The highest BCUT2D eigenvalue weighted by Gasteiger charge is 2.55. The fourth-order valence-corrected chi connectivity index (χ4v) is 5.01. The van der Waals surface area contributed by atoms with Crippen molar-refractivity contribution in [2.45, 2.75) is 51.4 Å². The highest BCUT2D eigenvalue weighted by molar-refractivity contribution is 7.13. The molecule has 1 saturated carbocycles. The van der Waals surface area contributed by atoms with E-state index in [1.807, 2.05) is 24.0 Å². The summed E-state index contributed by atoms with van der Waals surface area (Å²) in [6, 6.07) is 3.95. The zero-order valence-corrected chi connectivity index (χ0v) is 15.2. The van der Waals surface area contributed by atoms with Crippen LogP contribution in [-0.4, -0.2) is 34.0 Å². The van der Waals surface area contributed by atoms with Crippen LogP contribution >= 0.6 is 11.3 Å². The molecule has 0 aromatic carbocycles. The van der Waals surface area contributed by atoms with Gasteiger partial charge in [0.25, 0.3) is 5.91 Å². The Morgan fingerprint density at radius 1 is 1.46 bits per heavy atom. The van der Waals surface area contributed by atoms with Gasteiger partial charge in [-0.25, -0.2) is 0 Å². The molecule has 1 aliphatic carbocycles. The Hall–Kier alpha value is -1.69. The molecule has 4 rings (SSSR count). The molecule has 2 atom stereocenters. The molecule has 24 heavy (non-hydrogen) atoms. The second kappa shape index (κ2) is 5.69. The summed E-state index contributed by atoms with van der Waals surface area (Å²) in [6.07, 6.45) is 3.33. The molecule has 0 bridgehead atoms. The number of aryl methyl sites for hydroxylation is 1. The summed E-state index contributed by atoms with van der Waals surface area (Å²) in [7, 11) is 0. The van der Waals surface area contributed by atoms with Crippen LogP contribution in [0.4, 0.5) is 0 Å². The molecule has 1 amide bonds. The number of fused-ring (bicyclic) bond motifs is 1. The number of amides is 1. The third-order valence-corrected chi connectivity index (χ3v) is 6.48. The van der Waals surface area contributed by atoms with Crippen LogP contribution in [0, 0.1) is 12.8 Å². The predicted molar refractivity (Wildman–Crippen MR) is 92.4 cm³/mol. The van der Waals surface area contributed by atoms with Crippen LogP contribution < -0.4 is 0 Å². The molecule has 0 unspecified atom stereocenters. The predicted octanol–water partition coefficient (Wildman–Crippen LogP) is 3.76. The minimum atomic E-state index is -0.137. The first kappa shape index (κ1) is 15.8. The largest absolute Gasteiger partial charge is 0.339 e. The Morgan fingerprint density at radius 3 is 2.96 bits per heavy atom. The monoisotopic (exact) mass is 345 g/mol. The fraction of sp³-hybridized carbons (Fsp3) is 0.611. The van der Waals surface area contributed by atoms with E-state index >= 15 is 0 Å². The summed E-state index contributed by atoms with van der Waals surface area (Å²) in [5, 5.41) is 4.16. The van der Waals surface area contributed by atoms with Crippen molar-refractivity contribution in [3.8, 4) is 0 Å². The number of hydrogen-bond donors (Lipinski definition) is 0. The second-order valence-corrected chi connectivity index (χ2v) is 8.74. The molecular weight excluding hydrogens is 322 g/mol. The minimum absolute atomic E-state index is 0.137. The number of rotatable bonds is 3. The number of thiophene rings is 1. The summed E-state index contributed by atoms with van der Waals surface area (Å²) in [6.45, 7) is 7.68. The van der Waals surface area contributed by atoms with Crippen LogP contribution in [0.15, 0.2) is 16.7 Å². The van der Waals surface area contributed by atoms with Crippen molar-refractivity contribution in [2.24, 2.45) is 5.92 Å². The number of nitrogens with zero attached hydrogens (tertiary/aromatic N) is 3. The van der Waals surface area contributed by atoms with Crippen LogP contribution in [0.2, 0.25) is 0 Å². The van der Waals surface area contributed by atoms with Crippen molar-refractivity contribution in [3.05, 3.63) is 33.6 Å². The lowest BCUT2D eigenvalue weighted by atomic mass is 9.80. The standard InChI is InChI=1S/C18H23N3O2S/c1-11(2)15-19-17(23-20-15)18-8-4-5-13(18)9-21(10-18)16(22)14-7-6-12(3)24-14/h6-7,11,13H,4-5,8-10H2,1-3H3/t13-,18-/m1/s1. The SMILES string of the molecule is Cc1ccc(C(=O)N2C[C@H]3CCC[C@@]3(c3nc(C(C)C)no3)C2)s1. The smallest absolute Gasteiger partial charge is 0.263 e. The van der Waals surface area contributed by atoms with Crippen molar-refractivity contribution in [3.63, 3.8) is 0 Å². The van der Waals surface area contributed by atoms with E-state index < -0.39 is 0 Å². The van der Waals surface area contributed by atoms with Crippen molar-refractivity contribution < 1.29 is 9.32 Å². The zero-order chi connectivity index (χ0) is 16.9. The lowest BCUT2D eigenvalue weighted by molar-refractivity contribution is 0.0780. The van der Waals surface area contributed by atoms with E-state index in [-0.39, 0.29) is 17.2 Å². The first-order valence-electron chi connectivity index (χ1n) is 8.69. The molecule has 2 fully saturated rings. The Labute approximate surface area is 146 Å². The van der Waals surface area contributed by atoms with E-state index in [0.717, 1.165) is 36.0 Å². The highest BCUT2D eigenvalue weighted by atomic mass is 32.1. The van der Waals surface area contributed by atoms with Crippen LogP contribution in [-0.2, 0) is 5.41 Å². The van der Waals surface area contributed by atoms with Gasteiger partial charge in [0.05, 0.1) is 10.3 Å². The molecule has 2 aliphatic rings. The third kappa shape index (κ3) is 2.39. The summed E-state index contributed by atoms with van der Waals surface area (Å²) in [5.41, 5.74) is -0.137. The molecule has 1 saturated heterocycles. The zero-order valence-electron chi connectivity index (χ0n) is 14.4. The maximum Gasteiger partial charge on any atom is 0.263 e. The first-order chi connectivity index (χ1) is 11.5. The molecule has 0 radical (unpaired) electrons. The van der Waals surface area contributed by atoms with Crippen LogP contribution in [0.3, 0.4) is 0 Å². The van der Waals surface area contributed by atoms with Gasteiger partial charge in [-0.3, -0.25) is 4.79 Å². The van der Waals surface area contributed by atoms with E-state index in [4.69, 9.17) is 4.52 Å². The summed E-state index contributed by atoms with van der Waals surface area (Å²) in [5.74, 6) is 2.34. The Balaban J connectivity index is 1.62. The van der Waals surface area contributed by atoms with Gasteiger partial charge in [-0.1, -0.05) is 25.4 Å². The first-order valence-corrected chi connectivity index (χ1v) is 9.51. The fourth-order valence-electron chi connectivity index (χ4n) is 4.17. The van der Waals surface area contributed by atoms with Gasteiger partial charge in [-0.15, -0.1) is 11.3 Å². The van der Waals surface area contributed by atoms with Gasteiger partial charge in [-0.05, 0) is 37.8 Å². The number of aromatic nitrogens is 2. The topological polar surface area (TPSA) is 59.2 Å². The normalized spacial score (nSPS) is 26.3. The maximum atomic E-state index is 12.8. The van der Waals surface area contributed by atoms with E-state index in [9.17, 15) is 4.79 Å². The molecule has 2 aromatic heterocycles. The van der Waals surface area contributed by atoms with Gasteiger partial charge in [0.1, 0.15) is 0 Å². The number of carbonyl (C=O) groups is 1. The number of hydrogen-bond acceptors (Lipinski definition) is 5. The van der Waals surface area contributed by atoms with Gasteiger partial charge >= 0.3 is 0 Å². The molecular formula is C18H23N3O2S. The van der Waals surface area contributed by atoms with Crippen molar-refractivity contribution >= 4 is 17.2 Å². The number of carbonyl (C=O) groups excluding carboxylic acids is 1. The van der Waals surface area contributed by atoms with Gasteiger partial charge in [0.15, 0.2) is 5.82 Å². The van der Waals surface area contributed by atoms with E-state index in [0.29, 0.717) is 12.5 Å². The molecule has 5 nitrogen and oxygen atoms in total. The van der Waals surface area contributed by atoms with Gasteiger partial charge < -0.3 is 9.42 Å². The van der Waals surface area contributed by atoms with E-state index in [1.165, 1.54) is 11.3 Å². The highest BCUT2D eigenvalue weighted by Crippen LogP contribution is 2.50. The van der Waals surface area contributed by atoms with Crippen molar-refractivity contribution in [2.75, 3.05) is 13.1 Å². The summed E-state index contributed by atoms with van der Waals surface area (Å²) >= 11 is 1.57. The molecule has 1 aliphatic heterocycles. The molecule has 3 heterocycles. The third-order valence-electron chi connectivity index (χ3n) is 5.49. The Kier molecular flexibility index (Phi) is 3.75. The second-order valence-electron chi connectivity index (χ2n) is 7.45. The average molecular weight is 345 g/mol. The Bertz CT molecular complexity index is 766. The molecule has 0 N–H and O–H groups in total.